The van der Waals surface area contributed by atoms with E-state index >= 15 is 0 Å². The molecule has 11 heteroatoms. The van der Waals surface area contributed by atoms with Crippen LogP contribution < -0.4 is 0 Å². The SMILES string of the molecule is CC12CCOC(=O)/C=C/C=C\C(=O)O[C@@H]3C[C@H]4O[C@@H]5C=C(C(=O)O)CC[C@]5(COC(=O)C1O2)[C@]3(C)[C@]41CO1. The molecule has 0 radical (unpaired) electrons. The molecule has 2 bridgehead atoms. The Kier molecular flexibility index (Phi) is 5.65. The Morgan fingerprint density at radius 3 is 2.45 bits per heavy atom. The van der Waals surface area contributed by atoms with Gasteiger partial charge in [-0.05, 0) is 25.8 Å². The number of cyclic esters (lactones) is 2. The minimum atomic E-state index is -1.02. The van der Waals surface area contributed by atoms with E-state index in [4.69, 9.17) is 28.4 Å². The first-order chi connectivity index (χ1) is 18.0. The van der Waals surface area contributed by atoms with Crippen molar-refractivity contribution < 1.29 is 52.7 Å². The summed E-state index contributed by atoms with van der Waals surface area (Å²) in [5.74, 6) is -2.78. The van der Waals surface area contributed by atoms with Gasteiger partial charge in [0.05, 0.1) is 30.8 Å². The van der Waals surface area contributed by atoms with E-state index in [9.17, 15) is 24.3 Å². The highest BCUT2D eigenvalue weighted by Crippen LogP contribution is 2.72. The molecule has 38 heavy (non-hydrogen) atoms. The van der Waals surface area contributed by atoms with E-state index < -0.39 is 70.3 Å². The van der Waals surface area contributed by atoms with Crippen LogP contribution in [0.4, 0.5) is 0 Å². The minimum absolute atomic E-state index is 0.0405. The van der Waals surface area contributed by atoms with Gasteiger partial charge in [-0.1, -0.05) is 19.1 Å². The van der Waals surface area contributed by atoms with Gasteiger partial charge < -0.3 is 33.5 Å². The zero-order valence-electron chi connectivity index (χ0n) is 21.2. The number of hydrogen-bond donors (Lipinski definition) is 1. The quantitative estimate of drug-likeness (QED) is 0.298. The largest absolute Gasteiger partial charge is 0.478 e. The van der Waals surface area contributed by atoms with Crippen LogP contribution in [0.5, 0.6) is 0 Å². The maximum atomic E-state index is 13.1. The second kappa shape index (κ2) is 8.49. The molecule has 204 valence electrons. The number of carbonyl (C=O) groups is 4. The molecule has 3 saturated heterocycles. The molecule has 2 aliphatic carbocycles. The maximum Gasteiger partial charge on any atom is 0.338 e. The number of esters is 3. The number of hydrogen-bond acceptors (Lipinski definition) is 10. The van der Waals surface area contributed by atoms with E-state index in [1.807, 2.05) is 6.92 Å². The van der Waals surface area contributed by atoms with Crippen LogP contribution in [0.25, 0.3) is 0 Å². The molecular weight excluding hydrogens is 500 g/mol. The van der Waals surface area contributed by atoms with Crippen LogP contribution in [0.15, 0.2) is 36.0 Å². The van der Waals surface area contributed by atoms with Crippen molar-refractivity contribution in [1.29, 1.82) is 0 Å². The second-order valence-corrected chi connectivity index (χ2v) is 11.3. The summed E-state index contributed by atoms with van der Waals surface area (Å²) in [6.45, 7) is 4.06. The zero-order chi connectivity index (χ0) is 26.9. The summed E-state index contributed by atoms with van der Waals surface area (Å²) < 4.78 is 35.1. The third-order valence-corrected chi connectivity index (χ3v) is 9.53. The highest BCUT2D eigenvalue weighted by molar-refractivity contribution is 5.87. The molecule has 0 aromatic carbocycles. The lowest BCUT2D eigenvalue weighted by molar-refractivity contribution is -0.233. The number of aliphatic carboxylic acids is 1. The van der Waals surface area contributed by atoms with Gasteiger partial charge in [0.1, 0.15) is 23.9 Å². The lowest BCUT2D eigenvalue weighted by atomic mass is 9.51. The van der Waals surface area contributed by atoms with Crippen LogP contribution >= 0.6 is 0 Å². The smallest absolute Gasteiger partial charge is 0.338 e. The Morgan fingerprint density at radius 1 is 1.00 bits per heavy atom. The molecular formula is C27H30O11. The fourth-order valence-electron chi connectivity index (χ4n) is 7.02. The lowest BCUT2D eigenvalue weighted by Gasteiger charge is -2.58. The van der Waals surface area contributed by atoms with Crippen LogP contribution in [0.3, 0.4) is 0 Å². The molecule has 2 unspecified atom stereocenters. The van der Waals surface area contributed by atoms with Gasteiger partial charge in [-0.2, -0.15) is 0 Å². The van der Waals surface area contributed by atoms with Crippen LogP contribution in [-0.4, -0.2) is 84.4 Å². The first kappa shape index (κ1) is 25.3. The van der Waals surface area contributed by atoms with Crippen molar-refractivity contribution in [2.45, 2.75) is 75.1 Å². The Bertz CT molecular complexity index is 1180. The molecule has 2 spiro atoms. The van der Waals surface area contributed by atoms with Crippen molar-refractivity contribution in [3.05, 3.63) is 36.0 Å². The molecule has 6 aliphatic rings. The minimum Gasteiger partial charge on any atom is -0.478 e. The van der Waals surface area contributed by atoms with Crippen molar-refractivity contribution in [1.82, 2.24) is 0 Å². The van der Waals surface area contributed by atoms with Crippen molar-refractivity contribution >= 4 is 23.9 Å². The number of fused-ring (bicyclic) bond motifs is 1. The van der Waals surface area contributed by atoms with Gasteiger partial charge >= 0.3 is 23.9 Å². The lowest BCUT2D eigenvalue weighted by Crippen LogP contribution is -2.67. The summed E-state index contributed by atoms with van der Waals surface area (Å²) in [5.41, 5.74) is -3.08. The third kappa shape index (κ3) is 3.59. The standard InChI is InChI=1S/C27H30O11/c1-24-9-10-33-19(28)5-3-4-6-20(29)37-16-12-18-27(14-35-27)25(16,2)26(13-34-23(32)21(24)38-24)8-7-15(22(30)31)11-17(26)36-18/h3-6,11,16-18,21H,7-10,12-14H2,1-2H3,(H,30,31)/b5-3+,6-4-/t16-,17-,18-,21?,24?,25-,26-,27+/m1/s1. The monoisotopic (exact) mass is 530 g/mol. The average Bonchev–Trinajstić information content (AvgIpc) is 3.78. The van der Waals surface area contributed by atoms with Gasteiger partial charge in [0, 0.05) is 36.0 Å². The van der Waals surface area contributed by atoms with E-state index in [1.54, 1.807) is 13.0 Å². The van der Waals surface area contributed by atoms with Gasteiger partial charge in [-0.25, -0.2) is 19.2 Å². The Hall–Kier alpha value is -3.02. The first-order valence-corrected chi connectivity index (χ1v) is 12.8. The molecule has 0 amide bonds. The van der Waals surface area contributed by atoms with Crippen LogP contribution in [0, 0.1) is 10.8 Å². The molecule has 8 atom stereocenters. The van der Waals surface area contributed by atoms with Crippen molar-refractivity contribution in [3.63, 3.8) is 0 Å². The van der Waals surface area contributed by atoms with Gasteiger partial charge in [-0.3, -0.25) is 0 Å². The second-order valence-electron chi connectivity index (χ2n) is 11.3. The fourth-order valence-corrected chi connectivity index (χ4v) is 7.02. The molecule has 0 aromatic heterocycles. The summed E-state index contributed by atoms with van der Waals surface area (Å²) in [4.78, 5) is 49.7. The highest BCUT2D eigenvalue weighted by atomic mass is 16.7. The van der Waals surface area contributed by atoms with E-state index in [0.29, 0.717) is 25.9 Å². The highest BCUT2D eigenvalue weighted by Gasteiger charge is 2.83. The van der Waals surface area contributed by atoms with E-state index in [0.717, 1.165) is 0 Å². The molecule has 11 nitrogen and oxygen atoms in total. The fraction of sp³-hybridized carbons (Fsp3) is 0.630. The normalized spacial score (nSPS) is 47.6. The van der Waals surface area contributed by atoms with Crippen LogP contribution in [-0.2, 0) is 47.6 Å². The van der Waals surface area contributed by atoms with Gasteiger partial charge in [0.25, 0.3) is 0 Å². The van der Waals surface area contributed by atoms with Gasteiger partial charge in [-0.15, -0.1) is 0 Å². The Morgan fingerprint density at radius 2 is 1.74 bits per heavy atom. The Balaban J connectivity index is 1.38. The van der Waals surface area contributed by atoms with Gasteiger partial charge in [0.2, 0.25) is 0 Å². The predicted octanol–water partition coefficient (Wildman–Crippen LogP) is 1.40. The van der Waals surface area contributed by atoms with E-state index in [2.05, 4.69) is 0 Å². The molecule has 1 saturated carbocycles. The summed E-state index contributed by atoms with van der Waals surface area (Å²) in [5, 5.41) is 9.68. The zero-order valence-corrected chi connectivity index (χ0v) is 21.2. The number of epoxide rings is 2. The molecule has 4 heterocycles. The number of ether oxygens (including phenoxy) is 6. The summed E-state index contributed by atoms with van der Waals surface area (Å²) in [6.07, 6.45) is 5.45. The number of carboxylic acid groups (broad SMARTS) is 1. The molecule has 0 aromatic rings. The van der Waals surface area contributed by atoms with Crippen LogP contribution in [0.2, 0.25) is 0 Å². The number of carboxylic acids is 1. The predicted molar refractivity (Wildman–Crippen MR) is 125 cm³/mol. The van der Waals surface area contributed by atoms with Crippen molar-refractivity contribution in [2.24, 2.45) is 10.8 Å². The molecule has 4 fully saturated rings. The molecule has 4 aliphatic heterocycles. The Labute approximate surface area is 218 Å². The van der Waals surface area contributed by atoms with Crippen LogP contribution in [0.1, 0.15) is 39.5 Å². The van der Waals surface area contributed by atoms with Crippen molar-refractivity contribution in [3.8, 4) is 0 Å². The van der Waals surface area contributed by atoms with Gasteiger partial charge in [0.15, 0.2) is 6.10 Å². The summed E-state index contributed by atoms with van der Waals surface area (Å²) in [6, 6.07) is 0. The first-order valence-electron chi connectivity index (χ1n) is 12.8. The van der Waals surface area contributed by atoms with E-state index in [-0.39, 0.29) is 25.2 Å². The summed E-state index contributed by atoms with van der Waals surface area (Å²) >= 11 is 0. The molecule has 1 N–H and O–H groups in total. The number of allylic oxidation sites excluding steroid dienone is 2. The number of rotatable bonds is 1. The maximum absolute atomic E-state index is 13.1. The van der Waals surface area contributed by atoms with E-state index in [1.165, 1.54) is 24.3 Å². The average molecular weight is 531 g/mol. The third-order valence-electron chi connectivity index (χ3n) is 9.53. The summed E-state index contributed by atoms with van der Waals surface area (Å²) in [7, 11) is 0. The topological polar surface area (TPSA) is 150 Å². The van der Waals surface area contributed by atoms with Crippen molar-refractivity contribution in [2.75, 3.05) is 19.8 Å². The number of carbonyl (C=O) groups excluding carboxylic acids is 3. The molecule has 6 rings (SSSR count).